The van der Waals surface area contributed by atoms with Crippen molar-refractivity contribution in [2.45, 2.75) is 31.7 Å². The number of hydrogen-bond donors (Lipinski definition) is 2. The molecule has 0 saturated carbocycles. The van der Waals surface area contributed by atoms with E-state index in [0.717, 1.165) is 5.56 Å². The summed E-state index contributed by atoms with van der Waals surface area (Å²) in [6, 6.07) is 29.2. The van der Waals surface area contributed by atoms with E-state index in [1.165, 1.54) is 13.2 Å². The number of halogens is 1. The Hall–Kier alpha value is -4.98. The molecule has 0 aliphatic rings. The topological polar surface area (TPSA) is 93.7 Å². The van der Waals surface area contributed by atoms with E-state index in [1.807, 2.05) is 48.5 Å². The van der Waals surface area contributed by atoms with Crippen molar-refractivity contribution in [1.29, 1.82) is 0 Å². The standard InChI is InChI=1S/C35H35FN2O5/c1-42-35(41)32(38-31-15-8-6-13-29(31)34(40)27-11-3-2-4-12-27)24-25-16-19-28(20-17-25)43-23-9-22-37-33(39)21-18-26-10-5-7-14-30(26)36/h2-8,10-17,19-20,32,38H,9,18,21-24H2,1H3,(H,37,39)/t32-/m0/s1. The van der Waals surface area contributed by atoms with E-state index in [0.29, 0.717) is 60.5 Å². The highest BCUT2D eigenvalue weighted by molar-refractivity contribution is 6.12. The van der Waals surface area contributed by atoms with E-state index in [2.05, 4.69) is 10.6 Å². The zero-order valence-corrected chi connectivity index (χ0v) is 24.1. The Balaban J connectivity index is 1.26. The van der Waals surface area contributed by atoms with Gasteiger partial charge in [-0.15, -0.1) is 0 Å². The van der Waals surface area contributed by atoms with Gasteiger partial charge in [0.2, 0.25) is 5.91 Å². The number of anilines is 1. The van der Waals surface area contributed by atoms with Crippen LogP contribution in [0, 0.1) is 5.82 Å². The van der Waals surface area contributed by atoms with Crippen molar-refractivity contribution in [3.63, 3.8) is 0 Å². The van der Waals surface area contributed by atoms with E-state index in [1.54, 1.807) is 48.5 Å². The van der Waals surface area contributed by atoms with Gasteiger partial charge in [0.25, 0.3) is 0 Å². The highest BCUT2D eigenvalue weighted by atomic mass is 19.1. The van der Waals surface area contributed by atoms with Crippen LogP contribution in [0.5, 0.6) is 5.75 Å². The Morgan fingerprint density at radius 2 is 1.53 bits per heavy atom. The molecule has 1 atom stereocenters. The minimum Gasteiger partial charge on any atom is -0.494 e. The number of para-hydroxylation sites is 1. The number of carbonyl (C=O) groups excluding carboxylic acids is 3. The van der Waals surface area contributed by atoms with Crippen molar-refractivity contribution in [1.82, 2.24) is 5.32 Å². The molecule has 0 heterocycles. The van der Waals surface area contributed by atoms with Crippen LogP contribution in [0.1, 0.15) is 39.9 Å². The first kappa shape index (κ1) is 31.0. The third-order valence-corrected chi connectivity index (χ3v) is 6.88. The lowest BCUT2D eigenvalue weighted by Crippen LogP contribution is -2.33. The summed E-state index contributed by atoms with van der Waals surface area (Å²) < 4.78 is 24.5. The first-order valence-electron chi connectivity index (χ1n) is 14.2. The zero-order chi connectivity index (χ0) is 30.4. The number of ketones is 1. The normalized spacial score (nSPS) is 11.3. The number of nitrogens with one attached hydrogen (secondary N) is 2. The van der Waals surface area contributed by atoms with Gasteiger partial charge in [-0.1, -0.05) is 72.8 Å². The summed E-state index contributed by atoms with van der Waals surface area (Å²) >= 11 is 0. The molecular weight excluding hydrogens is 547 g/mol. The van der Waals surface area contributed by atoms with Crippen LogP contribution in [0.15, 0.2) is 103 Å². The number of rotatable bonds is 15. The van der Waals surface area contributed by atoms with Crippen LogP contribution in [-0.4, -0.2) is 44.0 Å². The summed E-state index contributed by atoms with van der Waals surface area (Å²) in [7, 11) is 1.33. The first-order chi connectivity index (χ1) is 20.9. The number of aryl methyl sites for hydroxylation is 1. The predicted octanol–water partition coefficient (Wildman–Crippen LogP) is 5.77. The number of benzene rings is 4. The second kappa shape index (κ2) is 15.9. The van der Waals surface area contributed by atoms with E-state index in [-0.39, 0.29) is 23.9 Å². The summed E-state index contributed by atoms with van der Waals surface area (Å²) in [5, 5.41) is 6.04. The van der Waals surface area contributed by atoms with Gasteiger partial charge in [0, 0.05) is 36.2 Å². The van der Waals surface area contributed by atoms with Crippen molar-refractivity contribution in [3.05, 3.63) is 131 Å². The van der Waals surface area contributed by atoms with E-state index >= 15 is 0 Å². The van der Waals surface area contributed by atoms with Crippen LogP contribution >= 0.6 is 0 Å². The maximum Gasteiger partial charge on any atom is 0.328 e. The fourth-order valence-corrected chi connectivity index (χ4v) is 4.56. The van der Waals surface area contributed by atoms with Gasteiger partial charge in [-0.25, -0.2) is 9.18 Å². The average Bonchev–Trinajstić information content (AvgIpc) is 3.04. The molecule has 0 fully saturated rings. The van der Waals surface area contributed by atoms with Crippen molar-refractivity contribution < 1.29 is 28.2 Å². The Morgan fingerprint density at radius 3 is 2.28 bits per heavy atom. The molecule has 1 amide bonds. The van der Waals surface area contributed by atoms with Crippen molar-refractivity contribution in [2.75, 3.05) is 25.6 Å². The van der Waals surface area contributed by atoms with E-state index < -0.39 is 12.0 Å². The molecule has 0 bridgehead atoms. The van der Waals surface area contributed by atoms with Crippen LogP contribution in [-0.2, 0) is 27.2 Å². The van der Waals surface area contributed by atoms with Crippen LogP contribution < -0.4 is 15.4 Å². The quantitative estimate of drug-likeness (QED) is 0.105. The molecule has 8 heteroatoms. The molecule has 0 saturated heterocycles. The second-order valence-electron chi connectivity index (χ2n) is 9.95. The van der Waals surface area contributed by atoms with E-state index in [4.69, 9.17) is 9.47 Å². The molecule has 4 aromatic rings. The van der Waals surface area contributed by atoms with Crippen LogP contribution in [0.3, 0.4) is 0 Å². The number of methoxy groups -OCH3 is 1. The minimum absolute atomic E-state index is 0.131. The molecule has 0 aromatic heterocycles. The lowest BCUT2D eigenvalue weighted by Gasteiger charge is -2.20. The second-order valence-corrected chi connectivity index (χ2v) is 9.95. The Bertz CT molecular complexity index is 1510. The molecular formula is C35H35FN2O5. The summed E-state index contributed by atoms with van der Waals surface area (Å²) in [6.07, 6.45) is 1.52. The molecule has 0 aliphatic heterocycles. The average molecular weight is 583 g/mol. The largest absolute Gasteiger partial charge is 0.494 e. The smallest absolute Gasteiger partial charge is 0.328 e. The van der Waals surface area contributed by atoms with Gasteiger partial charge < -0.3 is 20.1 Å². The van der Waals surface area contributed by atoms with E-state index in [9.17, 15) is 18.8 Å². The third-order valence-electron chi connectivity index (χ3n) is 6.88. The van der Waals surface area contributed by atoms with Crippen LogP contribution in [0.2, 0.25) is 0 Å². The van der Waals surface area contributed by atoms with Gasteiger partial charge in [0.1, 0.15) is 17.6 Å². The zero-order valence-electron chi connectivity index (χ0n) is 24.1. The SMILES string of the molecule is COC(=O)[C@H](Cc1ccc(OCCCNC(=O)CCc2ccccc2F)cc1)Nc1ccccc1C(=O)c1ccccc1. The molecule has 43 heavy (non-hydrogen) atoms. The molecule has 4 rings (SSSR count). The highest BCUT2D eigenvalue weighted by Gasteiger charge is 2.22. The predicted molar refractivity (Wildman–Crippen MR) is 164 cm³/mol. The lowest BCUT2D eigenvalue weighted by molar-refractivity contribution is -0.141. The number of hydrogen-bond acceptors (Lipinski definition) is 6. The Morgan fingerprint density at radius 1 is 0.837 bits per heavy atom. The third kappa shape index (κ3) is 9.26. The summed E-state index contributed by atoms with van der Waals surface area (Å²) in [5.41, 5.74) is 2.98. The highest BCUT2D eigenvalue weighted by Crippen LogP contribution is 2.22. The number of amides is 1. The Labute approximate surface area is 251 Å². The summed E-state index contributed by atoms with van der Waals surface area (Å²) in [5.74, 6) is -0.355. The molecule has 0 radical (unpaired) electrons. The van der Waals surface area contributed by atoms with Gasteiger partial charge in [0.05, 0.1) is 13.7 Å². The van der Waals surface area contributed by atoms with Crippen molar-refractivity contribution in [2.24, 2.45) is 0 Å². The molecule has 4 aromatic carbocycles. The van der Waals surface area contributed by atoms with Gasteiger partial charge in [-0.05, 0) is 54.3 Å². The monoisotopic (exact) mass is 582 g/mol. The Kier molecular flexibility index (Phi) is 11.4. The van der Waals surface area contributed by atoms with Crippen LogP contribution in [0.4, 0.5) is 10.1 Å². The summed E-state index contributed by atoms with van der Waals surface area (Å²) in [4.78, 5) is 37.9. The molecule has 0 unspecified atom stereocenters. The van der Waals surface area contributed by atoms with Crippen molar-refractivity contribution >= 4 is 23.3 Å². The van der Waals surface area contributed by atoms with Gasteiger partial charge in [-0.2, -0.15) is 0 Å². The fourth-order valence-electron chi connectivity index (χ4n) is 4.56. The summed E-state index contributed by atoms with van der Waals surface area (Å²) in [6.45, 7) is 0.862. The number of carbonyl (C=O) groups is 3. The van der Waals surface area contributed by atoms with Gasteiger partial charge in [-0.3, -0.25) is 9.59 Å². The number of esters is 1. The first-order valence-corrected chi connectivity index (χ1v) is 14.2. The van der Waals surface area contributed by atoms with Gasteiger partial charge >= 0.3 is 5.97 Å². The molecule has 2 N–H and O–H groups in total. The lowest BCUT2D eigenvalue weighted by atomic mass is 10.00. The van der Waals surface area contributed by atoms with Crippen LogP contribution in [0.25, 0.3) is 0 Å². The number of ether oxygens (including phenoxy) is 2. The van der Waals surface area contributed by atoms with Gasteiger partial charge in [0.15, 0.2) is 5.78 Å². The fraction of sp³-hybridized carbons (Fsp3) is 0.229. The van der Waals surface area contributed by atoms with Crippen molar-refractivity contribution in [3.8, 4) is 5.75 Å². The molecule has 0 aliphatic carbocycles. The maximum atomic E-state index is 13.7. The molecule has 7 nitrogen and oxygen atoms in total. The minimum atomic E-state index is -0.719. The maximum absolute atomic E-state index is 13.7. The molecule has 222 valence electrons. The molecule has 0 spiro atoms.